The van der Waals surface area contributed by atoms with Gasteiger partial charge in [-0.3, -0.25) is 4.79 Å². The zero-order valence-corrected chi connectivity index (χ0v) is 12.0. The van der Waals surface area contributed by atoms with Gasteiger partial charge in [0, 0.05) is 10.9 Å². The van der Waals surface area contributed by atoms with Gasteiger partial charge in [0.1, 0.15) is 9.34 Å². The summed E-state index contributed by atoms with van der Waals surface area (Å²) < 4.78 is 0.554. The van der Waals surface area contributed by atoms with Crippen LogP contribution in [0.25, 0.3) is 0 Å². The summed E-state index contributed by atoms with van der Waals surface area (Å²) in [5.41, 5.74) is -1.17. The van der Waals surface area contributed by atoms with Crippen molar-refractivity contribution in [2.75, 3.05) is 0 Å². The first-order chi connectivity index (χ1) is 5.39. The summed E-state index contributed by atoms with van der Waals surface area (Å²) in [5, 5.41) is 9.93. The number of carbonyl (C=O) groups excluding carboxylic acids is 1. The Bertz CT molecular complexity index is 260. The van der Waals surface area contributed by atoms with Crippen LogP contribution < -0.4 is 0 Å². The molecule has 1 rings (SSSR count). The minimum absolute atomic E-state index is 0.0787. The maximum atomic E-state index is 11.2. The lowest BCUT2D eigenvalue weighted by Gasteiger charge is -2.23. The van der Waals surface area contributed by atoms with Gasteiger partial charge in [-0.1, -0.05) is 47.8 Å². The Morgan fingerprint density at radius 3 is 2.08 bits per heavy atom. The second-order valence-electron chi connectivity index (χ2n) is 2.45. The molecule has 0 fully saturated rings. The van der Waals surface area contributed by atoms with Crippen molar-refractivity contribution < 1.29 is 9.90 Å². The van der Waals surface area contributed by atoms with Crippen molar-refractivity contribution in [3.63, 3.8) is 0 Å². The first kappa shape index (κ1) is 11.4. The fourth-order valence-electron chi connectivity index (χ4n) is 0.885. The molecule has 1 aliphatic rings. The van der Waals surface area contributed by atoms with Gasteiger partial charge in [0.25, 0.3) is 0 Å². The van der Waals surface area contributed by atoms with E-state index in [0.717, 1.165) is 0 Å². The molecule has 0 saturated heterocycles. The molecule has 0 aromatic rings. The first-order valence-corrected chi connectivity index (χ1v) is 6.41. The Labute approximate surface area is 103 Å². The number of ketones is 1. The molecular formula is C6H4Br4O2. The van der Waals surface area contributed by atoms with Crippen LogP contribution >= 0.6 is 63.7 Å². The lowest BCUT2D eigenvalue weighted by molar-refractivity contribution is -0.116. The Kier molecular flexibility index (Phi) is 3.60. The normalized spacial score (nSPS) is 30.7. The van der Waals surface area contributed by atoms with Crippen molar-refractivity contribution in [3.8, 4) is 0 Å². The molecule has 0 aliphatic heterocycles. The van der Waals surface area contributed by atoms with Crippen LogP contribution in [0.1, 0.15) is 6.42 Å². The van der Waals surface area contributed by atoms with Crippen LogP contribution in [0.5, 0.6) is 0 Å². The van der Waals surface area contributed by atoms with E-state index < -0.39 is 5.60 Å². The summed E-state index contributed by atoms with van der Waals surface area (Å²) in [4.78, 5) is 11.2. The van der Waals surface area contributed by atoms with Crippen LogP contribution in [0, 0.1) is 0 Å². The maximum absolute atomic E-state index is 11.2. The van der Waals surface area contributed by atoms with Crippen molar-refractivity contribution in [2.24, 2.45) is 0 Å². The maximum Gasteiger partial charge on any atom is 0.174 e. The van der Waals surface area contributed by atoms with Crippen molar-refractivity contribution >= 4 is 69.5 Å². The number of Topliss-reactive ketones (excluding diaryl/α,β-unsaturated/α-hetero) is 1. The second-order valence-corrected chi connectivity index (χ2v) is 7.10. The van der Waals surface area contributed by atoms with E-state index in [2.05, 4.69) is 63.7 Å². The standard InChI is InChI=1S/C6H4Br4O2/c7-3-2(11)1-6(12,4(3)8)5(9)10/h5,12H,1H2/t6-/m1/s1. The molecule has 68 valence electrons. The monoisotopic (exact) mass is 424 g/mol. The van der Waals surface area contributed by atoms with E-state index in [9.17, 15) is 9.90 Å². The number of allylic oxidation sites excluding steroid dienone is 1. The van der Waals surface area contributed by atoms with Gasteiger partial charge in [-0.25, -0.2) is 0 Å². The number of hydrogen-bond acceptors (Lipinski definition) is 2. The van der Waals surface area contributed by atoms with Gasteiger partial charge in [0.15, 0.2) is 5.78 Å². The van der Waals surface area contributed by atoms with Gasteiger partial charge in [-0.15, -0.1) is 0 Å². The number of aliphatic hydroxyl groups is 1. The molecule has 0 aromatic carbocycles. The smallest absolute Gasteiger partial charge is 0.174 e. The Morgan fingerprint density at radius 1 is 1.42 bits per heavy atom. The van der Waals surface area contributed by atoms with E-state index in [1.165, 1.54) is 0 Å². The Hall–Kier alpha value is 1.29. The molecule has 0 bridgehead atoms. The molecule has 0 radical (unpaired) electrons. The highest BCUT2D eigenvalue weighted by molar-refractivity contribution is 9.24. The van der Waals surface area contributed by atoms with E-state index in [0.29, 0.717) is 8.96 Å². The topological polar surface area (TPSA) is 37.3 Å². The van der Waals surface area contributed by atoms with Crippen LogP contribution in [0.3, 0.4) is 0 Å². The molecule has 0 unspecified atom stereocenters. The van der Waals surface area contributed by atoms with Crippen molar-refractivity contribution in [1.29, 1.82) is 0 Å². The molecule has 0 spiro atoms. The predicted octanol–water partition coefficient (Wildman–Crippen LogP) is 2.81. The van der Waals surface area contributed by atoms with Gasteiger partial charge >= 0.3 is 0 Å². The van der Waals surface area contributed by atoms with Crippen LogP contribution in [-0.4, -0.2) is 20.2 Å². The average molecular weight is 428 g/mol. The third-order valence-corrected chi connectivity index (χ3v) is 5.58. The zero-order chi connectivity index (χ0) is 9.52. The third-order valence-electron chi connectivity index (χ3n) is 1.61. The average Bonchev–Trinajstić information content (AvgIpc) is 2.17. The molecule has 0 aromatic heterocycles. The molecule has 12 heavy (non-hydrogen) atoms. The van der Waals surface area contributed by atoms with Gasteiger partial charge in [-0.2, -0.15) is 0 Å². The van der Waals surface area contributed by atoms with Crippen molar-refractivity contribution in [2.45, 2.75) is 15.8 Å². The summed E-state index contributed by atoms with van der Waals surface area (Å²) in [5.74, 6) is -0.103. The minimum atomic E-state index is -1.17. The molecule has 1 aliphatic carbocycles. The molecule has 0 heterocycles. The van der Waals surface area contributed by atoms with E-state index in [4.69, 9.17) is 0 Å². The minimum Gasteiger partial charge on any atom is -0.382 e. The summed E-state index contributed by atoms with van der Waals surface area (Å²) in [6.07, 6.45) is 0.0787. The fraction of sp³-hybridized carbons (Fsp3) is 0.500. The highest BCUT2D eigenvalue weighted by Crippen LogP contribution is 2.45. The number of halogens is 4. The van der Waals surface area contributed by atoms with Crippen LogP contribution in [0.2, 0.25) is 0 Å². The van der Waals surface area contributed by atoms with Crippen molar-refractivity contribution in [3.05, 3.63) is 8.96 Å². The van der Waals surface area contributed by atoms with E-state index in [1.807, 2.05) is 0 Å². The highest BCUT2D eigenvalue weighted by atomic mass is 79.9. The molecule has 1 atom stereocenters. The molecule has 2 nitrogen and oxygen atoms in total. The third kappa shape index (κ3) is 1.73. The summed E-state index contributed by atoms with van der Waals surface area (Å²) >= 11 is 12.6. The molecule has 1 N–H and O–H groups in total. The summed E-state index contributed by atoms with van der Waals surface area (Å²) in [6, 6.07) is 0. The Morgan fingerprint density at radius 2 is 1.92 bits per heavy atom. The lowest BCUT2D eigenvalue weighted by atomic mass is 10.1. The van der Waals surface area contributed by atoms with E-state index in [-0.39, 0.29) is 15.9 Å². The lowest BCUT2D eigenvalue weighted by Crippen LogP contribution is -2.34. The highest BCUT2D eigenvalue weighted by Gasteiger charge is 2.46. The van der Waals surface area contributed by atoms with Gasteiger partial charge in [0.05, 0.1) is 4.48 Å². The largest absolute Gasteiger partial charge is 0.382 e. The predicted molar refractivity (Wildman–Crippen MR) is 61.1 cm³/mol. The molecule has 0 saturated carbocycles. The summed E-state index contributed by atoms with van der Waals surface area (Å²) in [6.45, 7) is 0. The van der Waals surface area contributed by atoms with E-state index in [1.54, 1.807) is 0 Å². The van der Waals surface area contributed by atoms with Gasteiger partial charge in [-0.05, 0) is 15.9 Å². The van der Waals surface area contributed by atoms with Crippen molar-refractivity contribution in [1.82, 2.24) is 0 Å². The number of hydrogen-bond donors (Lipinski definition) is 1. The zero-order valence-electron chi connectivity index (χ0n) is 5.65. The van der Waals surface area contributed by atoms with Gasteiger partial charge < -0.3 is 5.11 Å². The molecular weight excluding hydrogens is 424 g/mol. The van der Waals surface area contributed by atoms with Gasteiger partial charge in [0.2, 0.25) is 0 Å². The van der Waals surface area contributed by atoms with Crippen LogP contribution in [0.4, 0.5) is 0 Å². The van der Waals surface area contributed by atoms with E-state index >= 15 is 0 Å². The van der Waals surface area contributed by atoms with Crippen LogP contribution in [0.15, 0.2) is 8.96 Å². The quantitative estimate of drug-likeness (QED) is 0.654. The second kappa shape index (κ2) is 3.81. The number of alkyl halides is 2. The molecule has 0 amide bonds. The fourth-order valence-corrected chi connectivity index (χ4v) is 3.36. The number of rotatable bonds is 1. The Balaban J connectivity index is 3.08. The molecule has 6 heteroatoms. The SMILES string of the molecule is O=C1C[C@](O)(C(Br)Br)C(Br)=C1Br. The number of carbonyl (C=O) groups is 1. The van der Waals surface area contributed by atoms with Crippen LogP contribution in [-0.2, 0) is 4.79 Å². The summed E-state index contributed by atoms with van der Waals surface area (Å²) in [7, 11) is 0. The first-order valence-electron chi connectivity index (χ1n) is 2.99.